The number of methoxy groups -OCH3 is 2. The van der Waals surface area contributed by atoms with Gasteiger partial charge in [-0.15, -0.1) is 0 Å². The minimum atomic E-state index is -0.394. The first-order valence-electron chi connectivity index (χ1n) is 9.48. The smallest absolute Gasteiger partial charge is 0.315 e. The maximum atomic E-state index is 12.3. The number of amides is 2. The zero-order chi connectivity index (χ0) is 22.3. The molecule has 0 aromatic carbocycles. The highest BCUT2D eigenvalue weighted by Crippen LogP contribution is 2.13. The van der Waals surface area contributed by atoms with E-state index in [1.807, 2.05) is 0 Å². The lowest BCUT2D eigenvalue weighted by Crippen LogP contribution is -2.36. The highest BCUT2D eigenvalue weighted by molar-refractivity contribution is 5.73. The fourth-order valence-corrected chi connectivity index (χ4v) is 2.82. The normalized spacial score (nSPS) is 10.6. The van der Waals surface area contributed by atoms with Gasteiger partial charge in [0, 0.05) is 12.1 Å². The minimum absolute atomic E-state index is 0.160. The van der Waals surface area contributed by atoms with Gasteiger partial charge in [-0.25, -0.2) is 34.1 Å². The fourth-order valence-electron chi connectivity index (χ4n) is 2.82. The van der Waals surface area contributed by atoms with Crippen molar-refractivity contribution in [3.05, 3.63) is 61.0 Å². The summed E-state index contributed by atoms with van der Waals surface area (Å²) < 4.78 is 13.3. The number of aromatic nitrogens is 8. The first kappa shape index (κ1) is 20.7. The van der Waals surface area contributed by atoms with E-state index in [2.05, 4.69) is 40.8 Å². The van der Waals surface area contributed by atoms with Crippen molar-refractivity contribution >= 4 is 6.03 Å². The van der Waals surface area contributed by atoms with E-state index in [4.69, 9.17) is 9.47 Å². The second-order valence-electron chi connectivity index (χ2n) is 6.33. The van der Waals surface area contributed by atoms with Crippen LogP contribution in [-0.4, -0.2) is 59.7 Å². The van der Waals surface area contributed by atoms with Gasteiger partial charge in [0.05, 0.1) is 51.1 Å². The van der Waals surface area contributed by atoms with Crippen molar-refractivity contribution in [1.82, 2.24) is 50.1 Å². The Morgan fingerprint density at radius 2 is 1.25 bits per heavy atom. The molecule has 32 heavy (non-hydrogen) atoms. The van der Waals surface area contributed by atoms with Crippen LogP contribution in [0.25, 0.3) is 11.4 Å². The summed E-state index contributed by atoms with van der Waals surface area (Å²) in [5.74, 6) is 2.07. The van der Waals surface area contributed by atoms with Crippen LogP contribution in [0.4, 0.5) is 4.79 Å². The Labute approximate surface area is 182 Å². The Morgan fingerprint density at radius 3 is 1.62 bits per heavy atom. The van der Waals surface area contributed by atoms with Crippen LogP contribution in [0.1, 0.15) is 11.6 Å². The second-order valence-corrected chi connectivity index (χ2v) is 6.33. The minimum Gasteiger partial charge on any atom is -0.481 e. The fraction of sp³-hybridized carbons (Fsp3) is 0.211. The maximum absolute atomic E-state index is 12.3. The molecule has 4 rings (SSSR count). The third kappa shape index (κ3) is 4.61. The van der Waals surface area contributed by atoms with Crippen LogP contribution < -0.4 is 20.1 Å². The second kappa shape index (κ2) is 9.51. The van der Waals surface area contributed by atoms with E-state index in [9.17, 15) is 4.79 Å². The van der Waals surface area contributed by atoms with Crippen LogP contribution in [0, 0.1) is 0 Å². The Bertz CT molecular complexity index is 1080. The molecule has 0 spiro atoms. The van der Waals surface area contributed by atoms with Crippen molar-refractivity contribution in [3.8, 4) is 23.1 Å². The van der Waals surface area contributed by atoms with Crippen molar-refractivity contribution in [1.29, 1.82) is 0 Å². The number of pyridine rings is 2. The highest BCUT2D eigenvalue weighted by Gasteiger charge is 2.12. The van der Waals surface area contributed by atoms with Crippen LogP contribution in [0.2, 0.25) is 0 Å². The van der Waals surface area contributed by atoms with Crippen molar-refractivity contribution in [3.63, 3.8) is 0 Å². The highest BCUT2D eigenvalue weighted by atomic mass is 16.5. The molecule has 2 N–H and O–H groups in total. The summed E-state index contributed by atoms with van der Waals surface area (Å²) >= 11 is 0. The molecule has 2 amide bonds. The van der Waals surface area contributed by atoms with E-state index >= 15 is 0 Å². The van der Waals surface area contributed by atoms with Crippen LogP contribution in [-0.2, 0) is 13.1 Å². The molecule has 0 saturated carbocycles. The monoisotopic (exact) mass is 436 g/mol. The molecular formula is C19H20N10O3. The van der Waals surface area contributed by atoms with Crippen LogP contribution in [0.15, 0.2) is 49.3 Å². The van der Waals surface area contributed by atoms with Crippen molar-refractivity contribution in [2.75, 3.05) is 14.2 Å². The predicted molar refractivity (Wildman–Crippen MR) is 110 cm³/mol. The number of hydrogen-bond donors (Lipinski definition) is 2. The van der Waals surface area contributed by atoms with Gasteiger partial charge < -0.3 is 20.1 Å². The van der Waals surface area contributed by atoms with Crippen LogP contribution in [0.3, 0.4) is 0 Å². The van der Waals surface area contributed by atoms with Gasteiger partial charge in [0.25, 0.3) is 0 Å². The number of nitrogens with one attached hydrogen (secondary N) is 2. The van der Waals surface area contributed by atoms with Crippen LogP contribution in [0.5, 0.6) is 11.8 Å². The SMILES string of the molecule is COc1ccc(-n2ncnc2CNC(=O)NCc2ncnn2-c2ccc(OC)nc2)cn1. The summed E-state index contributed by atoms with van der Waals surface area (Å²) in [6.45, 7) is 0.319. The number of hydrogen-bond acceptors (Lipinski definition) is 9. The van der Waals surface area contributed by atoms with Gasteiger partial charge in [-0.2, -0.15) is 10.2 Å². The quantitative estimate of drug-likeness (QED) is 0.406. The molecule has 0 aliphatic heterocycles. The van der Waals surface area contributed by atoms with Gasteiger partial charge >= 0.3 is 6.03 Å². The average molecular weight is 436 g/mol. The summed E-state index contributed by atoms with van der Waals surface area (Å²) in [7, 11) is 3.09. The van der Waals surface area contributed by atoms with Gasteiger partial charge in [0.1, 0.15) is 12.7 Å². The van der Waals surface area contributed by atoms with Gasteiger partial charge in [0.15, 0.2) is 11.6 Å². The molecule has 4 aromatic heterocycles. The lowest BCUT2D eigenvalue weighted by atomic mass is 10.4. The molecule has 4 aromatic rings. The summed E-state index contributed by atoms with van der Waals surface area (Å²) in [5.41, 5.74) is 1.39. The molecular weight excluding hydrogens is 416 g/mol. The van der Waals surface area contributed by atoms with E-state index in [0.29, 0.717) is 34.8 Å². The molecule has 0 aliphatic rings. The number of nitrogens with zero attached hydrogens (tertiary/aromatic N) is 8. The molecule has 0 saturated heterocycles. The Hall–Kier alpha value is -4.55. The predicted octanol–water partition coefficient (Wildman–Crippen LogP) is 0.655. The number of ether oxygens (including phenoxy) is 2. The standard InChI is InChI=1S/C19H20N10O3/c1-31-17-5-3-13(7-20-17)28-15(24-11-26-28)9-22-19(30)23-10-16-25-12-27-29(16)14-4-6-18(32-2)21-8-14/h3-8,11-12H,9-10H2,1-2H3,(H2,22,23,30). The van der Waals surface area contributed by atoms with E-state index < -0.39 is 6.03 Å². The molecule has 13 nitrogen and oxygen atoms in total. The zero-order valence-electron chi connectivity index (χ0n) is 17.3. The average Bonchev–Trinajstić information content (AvgIpc) is 3.51. The molecule has 0 unspecified atom stereocenters. The van der Waals surface area contributed by atoms with Crippen molar-refractivity contribution in [2.24, 2.45) is 0 Å². The molecule has 0 aliphatic carbocycles. The third-order valence-corrected chi connectivity index (χ3v) is 4.40. The number of urea groups is 1. The maximum Gasteiger partial charge on any atom is 0.315 e. The molecule has 13 heteroatoms. The third-order valence-electron chi connectivity index (χ3n) is 4.40. The lowest BCUT2D eigenvalue weighted by Gasteiger charge is -2.10. The Kier molecular flexibility index (Phi) is 6.15. The first-order valence-corrected chi connectivity index (χ1v) is 9.48. The van der Waals surface area contributed by atoms with Gasteiger partial charge in [-0.3, -0.25) is 0 Å². The van der Waals surface area contributed by atoms with Gasteiger partial charge in [-0.05, 0) is 12.1 Å². The topological polar surface area (TPSA) is 147 Å². The van der Waals surface area contributed by atoms with Crippen molar-refractivity contribution < 1.29 is 14.3 Å². The van der Waals surface area contributed by atoms with E-state index in [0.717, 1.165) is 0 Å². The zero-order valence-corrected chi connectivity index (χ0v) is 17.3. The van der Waals surface area contributed by atoms with Crippen LogP contribution >= 0.6 is 0 Å². The van der Waals surface area contributed by atoms with E-state index in [1.54, 1.807) is 60.2 Å². The Balaban J connectivity index is 1.34. The summed E-state index contributed by atoms with van der Waals surface area (Å²) in [5, 5.41) is 13.9. The summed E-state index contributed by atoms with van der Waals surface area (Å²) in [4.78, 5) is 29.0. The first-order chi connectivity index (χ1) is 15.7. The summed E-state index contributed by atoms with van der Waals surface area (Å²) in [6, 6.07) is 6.63. The van der Waals surface area contributed by atoms with Crippen molar-refractivity contribution in [2.45, 2.75) is 13.1 Å². The molecule has 164 valence electrons. The largest absolute Gasteiger partial charge is 0.481 e. The number of carbonyl (C=O) groups excluding carboxylic acids is 1. The Morgan fingerprint density at radius 1 is 0.781 bits per heavy atom. The molecule has 4 heterocycles. The summed E-state index contributed by atoms with van der Waals surface area (Å²) in [6.07, 6.45) is 6.03. The van der Waals surface area contributed by atoms with Gasteiger partial charge in [0.2, 0.25) is 11.8 Å². The number of carbonyl (C=O) groups is 1. The molecule has 0 atom stereocenters. The lowest BCUT2D eigenvalue weighted by molar-refractivity contribution is 0.239. The number of rotatable bonds is 8. The molecule has 0 fully saturated rings. The molecule has 0 radical (unpaired) electrons. The van der Waals surface area contributed by atoms with E-state index in [1.165, 1.54) is 12.7 Å². The van der Waals surface area contributed by atoms with Gasteiger partial charge in [-0.1, -0.05) is 0 Å². The van der Waals surface area contributed by atoms with E-state index in [-0.39, 0.29) is 13.1 Å². The molecule has 0 bridgehead atoms.